The Labute approximate surface area is 238 Å². The van der Waals surface area contributed by atoms with Gasteiger partial charge in [0.15, 0.2) is 46.8 Å². The molecule has 0 aliphatic carbocycles. The minimum atomic E-state index is -4.12. The van der Waals surface area contributed by atoms with Gasteiger partial charge in [-0.3, -0.25) is 14.3 Å². The Bertz CT molecular complexity index is 1760. The first-order chi connectivity index (χ1) is 19.9. The average molecular weight is 630 g/mol. The van der Waals surface area contributed by atoms with Crippen molar-refractivity contribution in [3.63, 3.8) is 0 Å². The largest absolute Gasteiger partial charge is 0.394 e. The first-order valence-electron chi connectivity index (χ1n) is 12.4. The summed E-state index contributed by atoms with van der Waals surface area (Å²) in [5, 5.41) is 28.1. The van der Waals surface area contributed by atoms with Crippen molar-refractivity contribution in [2.45, 2.75) is 55.9 Å². The molecular formula is C20H25FN11O8PS. The van der Waals surface area contributed by atoms with Gasteiger partial charge in [0.2, 0.25) is 5.95 Å². The molecule has 4 aromatic rings. The Morgan fingerprint density at radius 3 is 2.83 bits per heavy atom. The maximum atomic E-state index is 15.3. The van der Waals surface area contributed by atoms with Crippen LogP contribution in [-0.4, -0.2) is 103 Å². The van der Waals surface area contributed by atoms with Gasteiger partial charge >= 0.3 is 6.72 Å². The van der Waals surface area contributed by atoms with Gasteiger partial charge in [-0.25, -0.2) is 19.3 Å². The number of fused-ring (bicyclic) bond motifs is 2. The van der Waals surface area contributed by atoms with Crippen LogP contribution in [0.1, 0.15) is 25.8 Å². The zero-order chi connectivity index (χ0) is 30.0. The summed E-state index contributed by atoms with van der Waals surface area (Å²) in [5.74, 6) is -0.140. The molecule has 0 spiro atoms. The second kappa shape index (κ2) is 10.5. The number of ether oxygens (including phenoxy) is 2. The highest BCUT2D eigenvalue weighted by Crippen LogP contribution is 2.51. The summed E-state index contributed by atoms with van der Waals surface area (Å²) >= 11 is 5.21. The minimum absolute atomic E-state index is 0.0244. The van der Waals surface area contributed by atoms with Crippen LogP contribution in [0.5, 0.6) is 0 Å². The maximum absolute atomic E-state index is 15.3. The monoisotopic (exact) mass is 629 g/mol. The quantitative estimate of drug-likeness (QED) is 0.120. The molecule has 8 atom stereocenters. The van der Waals surface area contributed by atoms with E-state index in [0.717, 1.165) is 11.0 Å². The van der Waals surface area contributed by atoms with Gasteiger partial charge in [-0.1, -0.05) is 5.21 Å². The van der Waals surface area contributed by atoms with Crippen molar-refractivity contribution in [1.82, 2.24) is 44.5 Å². The summed E-state index contributed by atoms with van der Waals surface area (Å²) in [6.45, 7) is -3.75. The number of hydrogen-bond donors (Lipinski definition) is 6. The molecule has 2 unspecified atom stereocenters. The molecule has 42 heavy (non-hydrogen) atoms. The Morgan fingerprint density at radius 2 is 2.07 bits per heavy atom. The molecule has 0 saturated carbocycles. The highest BCUT2D eigenvalue weighted by atomic mass is 32.5. The Kier molecular flexibility index (Phi) is 7.19. The molecule has 6 rings (SSSR count). The first kappa shape index (κ1) is 28.8. The zero-order valence-corrected chi connectivity index (χ0v) is 23.3. The molecule has 2 aliphatic rings. The fourth-order valence-corrected chi connectivity index (χ4v) is 6.38. The average Bonchev–Trinajstić information content (AvgIpc) is 3.70. The van der Waals surface area contributed by atoms with Crippen molar-refractivity contribution in [2.24, 2.45) is 0 Å². The van der Waals surface area contributed by atoms with Crippen molar-refractivity contribution >= 4 is 52.6 Å². The van der Waals surface area contributed by atoms with E-state index in [1.54, 1.807) is 0 Å². The minimum Gasteiger partial charge on any atom is -0.394 e. The second-order valence-corrected chi connectivity index (χ2v) is 12.7. The van der Waals surface area contributed by atoms with E-state index in [0.29, 0.717) is 0 Å². The van der Waals surface area contributed by atoms with Crippen molar-refractivity contribution in [1.29, 1.82) is 0 Å². The van der Waals surface area contributed by atoms with Gasteiger partial charge in [0.1, 0.15) is 24.1 Å². The standard InChI is InChI=1S/C20H25FN11O8PS/c1-20(12(34)9(21)18(39-20)32-14-10(29-30-32)13(22)24-5-25-14)4-37-41(36,42)40-8-2-7(3-33)38-17(8)31-6-26-11-15(31)27-19(23)28-16(11)35/h5-9,12,17-18,33-34H,2-4H2,1H3,(H,36,42)(H2,22,24,25)(H3,23,27,28,35)/t7-,8+,9-,12-,17+,18+,20?,41?/m0/s1. The van der Waals surface area contributed by atoms with Gasteiger partial charge < -0.3 is 45.1 Å². The molecule has 8 N–H and O–H groups in total. The van der Waals surface area contributed by atoms with E-state index >= 15 is 4.39 Å². The number of aromatic nitrogens is 9. The number of aromatic amines is 1. The number of halogens is 1. The Balaban J connectivity index is 1.19. The second-order valence-electron chi connectivity index (χ2n) is 9.90. The predicted molar refractivity (Wildman–Crippen MR) is 142 cm³/mol. The molecule has 4 aromatic heterocycles. The summed E-state index contributed by atoms with van der Waals surface area (Å²) in [6, 6.07) is 0. The lowest BCUT2D eigenvalue weighted by atomic mass is 9.99. The highest BCUT2D eigenvalue weighted by molar-refractivity contribution is 8.07. The highest BCUT2D eigenvalue weighted by Gasteiger charge is 2.55. The Hall–Kier alpha value is -3.27. The van der Waals surface area contributed by atoms with Crippen molar-refractivity contribution in [3.8, 4) is 0 Å². The lowest BCUT2D eigenvalue weighted by Gasteiger charge is -2.30. The van der Waals surface area contributed by atoms with Crippen molar-refractivity contribution < 1.29 is 38.0 Å². The van der Waals surface area contributed by atoms with Crippen molar-refractivity contribution in [3.05, 3.63) is 23.0 Å². The van der Waals surface area contributed by atoms with Gasteiger partial charge in [-0.2, -0.15) is 9.67 Å². The fourth-order valence-electron chi connectivity index (χ4n) is 4.87. The van der Waals surface area contributed by atoms with Crippen LogP contribution in [0.3, 0.4) is 0 Å². The molecule has 0 aromatic carbocycles. The van der Waals surface area contributed by atoms with E-state index in [1.165, 1.54) is 17.8 Å². The molecule has 0 bridgehead atoms. The molecule has 226 valence electrons. The van der Waals surface area contributed by atoms with E-state index in [1.807, 2.05) is 0 Å². The van der Waals surface area contributed by atoms with Crippen LogP contribution in [-0.2, 0) is 30.3 Å². The summed E-state index contributed by atoms with van der Waals surface area (Å²) < 4.78 is 40.6. The molecule has 6 heterocycles. The lowest BCUT2D eigenvalue weighted by molar-refractivity contribution is -0.116. The van der Waals surface area contributed by atoms with E-state index in [4.69, 9.17) is 41.8 Å². The maximum Gasteiger partial charge on any atom is 0.325 e. The van der Waals surface area contributed by atoms with Crippen LogP contribution in [0.2, 0.25) is 0 Å². The van der Waals surface area contributed by atoms with Gasteiger partial charge in [-0.15, -0.1) is 5.10 Å². The summed E-state index contributed by atoms with van der Waals surface area (Å²) in [4.78, 5) is 41.5. The van der Waals surface area contributed by atoms with E-state index in [2.05, 4.69) is 35.2 Å². The number of alkyl halides is 1. The first-order valence-corrected chi connectivity index (χ1v) is 15.0. The predicted octanol–water partition coefficient (Wildman–Crippen LogP) is -1.60. The summed E-state index contributed by atoms with van der Waals surface area (Å²) in [6.07, 6.45) is -5.52. The van der Waals surface area contributed by atoms with Gasteiger partial charge in [-0.05, 0) is 18.7 Å². The van der Waals surface area contributed by atoms with E-state index < -0.39 is 61.4 Å². The van der Waals surface area contributed by atoms with E-state index in [-0.39, 0.29) is 47.1 Å². The van der Waals surface area contributed by atoms with Crippen LogP contribution in [0.25, 0.3) is 22.3 Å². The number of hydrogen-bond acceptors (Lipinski definition) is 16. The topological polar surface area (TPSA) is 270 Å². The van der Waals surface area contributed by atoms with Crippen LogP contribution in [0, 0.1) is 0 Å². The number of nitrogens with two attached hydrogens (primary N) is 2. The number of rotatable bonds is 8. The molecule has 0 amide bonds. The molecule has 2 aliphatic heterocycles. The number of nitrogen functional groups attached to an aromatic ring is 2. The van der Waals surface area contributed by atoms with E-state index in [9.17, 15) is 19.9 Å². The van der Waals surface area contributed by atoms with Crippen LogP contribution >= 0.6 is 6.72 Å². The van der Waals surface area contributed by atoms with Crippen LogP contribution < -0.4 is 17.0 Å². The molecular weight excluding hydrogens is 604 g/mol. The van der Waals surface area contributed by atoms with Crippen LogP contribution in [0.4, 0.5) is 16.2 Å². The SMILES string of the molecule is CC1(COP(O)(=S)O[C@@H]2C[C@@H](CO)O[C@H]2n2cnc3c(=O)[nH]c(N)nc32)O[C@@H](n2nnc3c(N)ncnc32)[C@@H](F)[C@@H]1O. The van der Waals surface area contributed by atoms with Crippen LogP contribution in [0.15, 0.2) is 17.4 Å². The summed E-state index contributed by atoms with van der Waals surface area (Å²) in [7, 11) is 0. The molecule has 2 fully saturated rings. The zero-order valence-electron chi connectivity index (χ0n) is 21.6. The molecule has 19 nitrogen and oxygen atoms in total. The Morgan fingerprint density at radius 1 is 1.29 bits per heavy atom. The number of aliphatic hydroxyl groups excluding tert-OH is 2. The lowest BCUT2D eigenvalue weighted by Crippen LogP contribution is -2.43. The molecule has 2 saturated heterocycles. The summed E-state index contributed by atoms with van der Waals surface area (Å²) in [5.41, 5.74) is 9.40. The number of nitrogens with zero attached hydrogens (tertiary/aromatic N) is 8. The van der Waals surface area contributed by atoms with Crippen molar-refractivity contribution in [2.75, 3.05) is 24.7 Å². The number of imidazole rings is 1. The third kappa shape index (κ3) is 4.91. The molecule has 0 radical (unpaired) electrons. The number of anilines is 2. The van der Waals surface area contributed by atoms with Gasteiger partial charge in [0.05, 0.1) is 25.6 Å². The fraction of sp³-hybridized carbons (Fsp3) is 0.550. The normalized spacial score (nSPS) is 31.3. The van der Waals surface area contributed by atoms with Gasteiger partial charge in [0, 0.05) is 6.42 Å². The van der Waals surface area contributed by atoms with Gasteiger partial charge in [0.25, 0.3) is 5.56 Å². The number of H-pyrrole nitrogens is 1. The third-order valence-corrected chi connectivity index (χ3v) is 8.54. The number of aliphatic hydroxyl groups is 2. The molecule has 22 heteroatoms. The smallest absolute Gasteiger partial charge is 0.325 e. The number of nitrogens with one attached hydrogen (secondary N) is 1. The third-order valence-electron chi connectivity index (χ3n) is 6.98.